The number of allylic oxidation sites excluding steroid dienone is 2. The molecule has 2 aromatic rings. The third-order valence-corrected chi connectivity index (χ3v) is 6.95. The molecule has 2 aliphatic carbocycles. The second-order valence-corrected chi connectivity index (χ2v) is 9.31. The number of carbonyl (C=O) groups is 3. The van der Waals surface area contributed by atoms with Crippen molar-refractivity contribution < 1.29 is 19.1 Å². The van der Waals surface area contributed by atoms with Gasteiger partial charge < -0.3 is 15.0 Å². The van der Waals surface area contributed by atoms with E-state index in [1.165, 1.54) is 0 Å². The van der Waals surface area contributed by atoms with Crippen molar-refractivity contribution in [2.24, 2.45) is 0 Å². The van der Waals surface area contributed by atoms with E-state index in [1.54, 1.807) is 14.0 Å². The van der Waals surface area contributed by atoms with Crippen LogP contribution < -0.4 is 10.1 Å². The van der Waals surface area contributed by atoms with Gasteiger partial charge in [0, 0.05) is 11.7 Å². The highest BCUT2D eigenvalue weighted by Gasteiger charge is 2.50. The summed E-state index contributed by atoms with van der Waals surface area (Å²) in [6, 6.07) is 11.0. The number of ether oxygens (including phenoxy) is 1. The van der Waals surface area contributed by atoms with E-state index in [0.717, 1.165) is 65.6 Å². The van der Waals surface area contributed by atoms with E-state index in [4.69, 9.17) is 4.74 Å². The summed E-state index contributed by atoms with van der Waals surface area (Å²) in [4.78, 5) is 42.4. The van der Waals surface area contributed by atoms with Crippen molar-refractivity contribution in [2.75, 3.05) is 13.7 Å². The van der Waals surface area contributed by atoms with Crippen molar-refractivity contribution >= 4 is 28.6 Å². The Morgan fingerprint density at radius 3 is 2.61 bits per heavy atom. The second kappa shape index (κ2) is 8.21. The van der Waals surface area contributed by atoms with Crippen molar-refractivity contribution in [3.8, 4) is 5.75 Å². The van der Waals surface area contributed by atoms with Gasteiger partial charge in [-0.15, -0.1) is 0 Å². The molecule has 1 N–H and O–H groups in total. The standard InChI is InChI=1S/C26H29N3O4/c1-26(19-10-8-18-15-22(33-2)13-9-17(18)14-19)24(31)28(25(32)27-26)16-23(30)29(21-11-12-21)20-6-4-3-5-7-20/h6,8-10,13-15,21H,3-5,7,11-12,16H2,1-2H3,(H,27,32)/t26-/m0/s1. The fraction of sp³-hybridized carbons (Fsp3) is 0.423. The van der Waals surface area contributed by atoms with Crippen LogP contribution in [0, 0.1) is 0 Å². The van der Waals surface area contributed by atoms with E-state index < -0.39 is 17.5 Å². The molecule has 0 aromatic heterocycles. The molecule has 1 saturated carbocycles. The van der Waals surface area contributed by atoms with Crippen molar-refractivity contribution in [3.63, 3.8) is 0 Å². The normalized spacial score (nSPS) is 22.8. The Labute approximate surface area is 193 Å². The summed E-state index contributed by atoms with van der Waals surface area (Å²) in [7, 11) is 1.62. The highest BCUT2D eigenvalue weighted by molar-refractivity contribution is 6.09. The highest BCUT2D eigenvalue weighted by atomic mass is 16.5. The molecule has 2 aromatic carbocycles. The Balaban J connectivity index is 1.38. The topological polar surface area (TPSA) is 79.0 Å². The molecule has 33 heavy (non-hydrogen) atoms. The van der Waals surface area contributed by atoms with E-state index in [2.05, 4.69) is 11.4 Å². The van der Waals surface area contributed by atoms with Gasteiger partial charge in [-0.05, 0) is 80.0 Å². The number of amides is 4. The van der Waals surface area contributed by atoms with Crippen LogP contribution >= 0.6 is 0 Å². The van der Waals surface area contributed by atoms with Crippen molar-refractivity contribution in [1.82, 2.24) is 15.1 Å². The number of urea groups is 1. The fourth-order valence-electron chi connectivity index (χ4n) is 4.88. The molecule has 5 rings (SSSR count). The monoisotopic (exact) mass is 447 g/mol. The maximum Gasteiger partial charge on any atom is 0.325 e. The van der Waals surface area contributed by atoms with Crippen LogP contribution in [0.15, 0.2) is 48.2 Å². The SMILES string of the molecule is COc1ccc2cc([C@]3(C)NC(=O)N(CC(=O)N(C4=CCCCC4)C4CC4)C3=O)ccc2c1. The number of methoxy groups -OCH3 is 1. The molecule has 0 radical (unpaired) electrons. The lowest BCUT2D eigenvalue weighted by Gasteiger charge is -2.29. The minimum absolute atomic E-state index is 0.177. The number of carbonyl (C=O) groups excluding carboxylic acids is 3. The van der Waals surface area contributed by atoms with Crippen molar-refractivity contribution in [1.29, 1.82) is 0 Å². The van der Waals surface area contributed by atoms with Crippen LogP contribution in [0.1, 0.15) is 51.0 Å². The lowest BCUT2D eigenvalue weighted by molar-refractivity contribution is -0.138. The Kier molecular flexibility index (Phi) is 5.35. The molecule has 172 valence electrons. The van der Waals surface area contributed by atoms with Gasteiger partial charge in [0.25, 0.3) is 5.91 Å². The van der Waals surface area contributed by atoms with Gasteiger partial charge in [0.1, 0.15) is 17.8 Å². The number of rotatable bonds is 6. The van der Waals surface area contributed by atoms with Crippen molar-refractivity contribution in [3.05, 3.63) is 53.7 Å². The summed E-state index contributed by atoms with van der Waals surface area (Å²) in [5.74, 6) is 0.177. The summed E-state index contributed by atoms with van der Waals surface area (Å²) in [5, 5.41) is 4.75. The van der Waals surface area contributed by atoms with Gasteiger partial charge in [-0.1, -0.05) is 24.3 Å². The number of hydrogen-bond donors (Lipinski definition) is 1. The second-order valence-electron chi connectivity index (χ2n) is 9.31. The Hall–Kier alpha value is -3.35. The highest BCUT2D eigenvalue weighted by Crippen LogP contribution is 2.35. The molecule has 0 bridgehead atoms. The van der Waals surface area contributed by atoms with Gasteiger partial charge in [0.2, 0.25) is 5.91 Å². The van der Waals surface area contributed by atoms with E-state index in [1.807, 2.05) is 41.3 Å². The molecule has 1 saturated heterocycles. The molecule has 1 heterocycles. The number of benzene rings is 2. The van der Waals surface area contributed by atoms with Gasteiger partial charge in [-0.25, -0.2) is 4.79 Å². The molecule has 0 unspecified atom stereocenters. The third kappa shape index (κ3) is 3.86. The smallest absolute Gasteiger partial charge is 0.325 e. The van der Waals surface area contributed by atoms with Gasteiger partial charge in [-0.2, -0.15) is 0 Å². The van der Waals surface area contributed by atoms with E-state index >= 15 is 0 Å². The molecule has 1 aliphatic heterocycles. The molecule has 3 aliphatic rings. The van der Waals surface area contributed by atoms with Crippen LogP contribution in [-0.4, -0.2) is 47.3 Å². The first-order valence-electron chi connectivity index (χ1n) is 11.6. The minimum Gasteiger partial charge on any atom is -0.497 e. The first kappa shape index (κ1) is 21.5. The first-order chi connectivity index (χ1) is 15.9. The van der Waals surface area contributed by atoms with Crippen LogP contribution in [0.3, 0.4) is 0 Å². The zero-order valence-electron chi connectivity index (χ0n) is 19.1. The van der Waals surface area contributed by atoms with Gasteiger partial charge >= 0.3 is 6.03 Å². The predicted molar refractivity (Wildman–Crippen MR) is 125 cm³/mol. The van der Waals surface area contributed by atoms with E-state index in [9.17, 15) is 14.4 Å². The Bertz CT molecular complexity index is 1170. The van der Waals surface area contributed by atoms with Gasteiger partial charge in [0.05, 0.1) is 7.11 Å². The van der Waals surface area contributed by atoms with Crippen LogP contribution in [0.25, 0.3) is 10.8 Å². The molecule has 1 atom stereocenters. The lowest BCUT2D eigenvalue weighted by Crippen LogP contribution is -2.45. The van der Waals surface area contributed by atoms with Crippen LogP contribution in [0.5, 0.6) is 5.75 Å². The maximum absolute atomic E-state index is 13.4. The summed E-state index contributed by atoms with van der Waals surface area (Å²) in [5.41, 5.74) is 0.510. The first-order valence-corrected chi connectivity index (χ1v) is 11.6. The van der Waals surface area contributed by atoms with Gasteiger partial charge in [0.15, 0.2) is 0 Å². The molecular formula is C26H29N3O4. The fourth-order valence-corrected chi connectivity index (χ4v) is 4.88. The van der Waals surface area contributed by atoms with Crippen LogP contribution in [0.4, 0.5) is 4.79 Å². The minimum atomic E-state index is -1.22. The molecule has 4 amide bonds. The van der Waals surface area contributed by atoms with Crippen molar-refractivity contribution in [2.45, 2.75) is 57.0 Å². The van der Waals surface area contributed by atoms with E-state index in [0.29, 0.717) is 5.56 Å². The van der Waals surface area contributed by atoms with Gasteiger partial charge in [-0.3, -0.25) is 14.5 Å². The lowest BCUT2D eigenvalue weighted by atomic mass is 9.90. The number of imide groups is 1. The third-order valence-electron chi connectivity index (χ3n) is 6.95. The van der Waals surface area contributed by atoms with E-state index in [-0.39, 0.29) is 18.5 Å². The zero-order valence-corrected chi connectivity index (χ0v) is 19.1. The van der Waals surface area contributed by atoms with Crippen LogP contribution in [-0.2, 0) is 15.1 Å². The Morgan fingerprint density at radius 2 is 1.91 bits per heavy atom. The molecular weight excluding hydrogens is 418 g/mol. The quantitative estimate of drug-likeness (QED) is 0.678. The summed E-state index contributed by atoms with van der Waals surface area (Å²) in [6.45, 7) is 1.46. The Morgan fingerprint density at radius 1 is 1.15 bits per heavy atom. The molecule has 0 spiro atoms. The molecule has 7 nitrogen and oxygen atoms in total. The molecule has 7 heteroatoms. The summed E-state index contributed by atoms with van der Waals surface area (Å²) >= 11 is 0. The van der Waals surface area contributed by atoms with Crippen LogP contribution in [0.2, 0.25) is 0 Å². The maximum atomic E-state index is 13.4. The zero-order chi connectivity index (χ0) is 23.2. The molecule has 2 fully saturated rings. The predicted octanol–water partition coefficient (Wildman–Crippen LogP) is 4.06. The number of nitrogens with one attached hydrogen (secondary N) is 1. The number of nitrogens with zero attached hydrogens (tertiary/aromatic N) is 2. The average Bonchev–Trinajstić information content (AvgIpc) is 3.63. The number of hydrogen-bond acceptors (Lipinski definition) is 4. The summed E-state index contributed by atoms with van der Waals surface area (Å²) < 4.78 is 5.28. The summed E-state index contributed by atoms with van der Waals surface area (Å²) in [6.07, 6.45) is 8.14. The largest absolute Gasteiger partial charge is 0.497 e. The number of fused-ring (bicyclic) bond motifs is 1. The average molecular weight is 448 g/mol.